The summed E-state index contributed by atoms with van der Waals surface area (Å²) in [6.07, 6.45) is 0.220. The van der Waals surface area contributed by atoms with Crippen LogP contribution >= 0.6 is 34.5 Å². The van der Waals surface area contributed by atoms with Crippen LogP contribution in [0, 0.1) is 18.3 Å². The molecule has 0 saturated carbocycles. The Kier molecular flexibility index (Phi) is 6.98. The van der Waals surface area contributed by atoms with Gasteiger partial charge in [-0.15, -0.1) is 11.3 Å². The van der Waals surface area contributed by atoms with Gasteiger partial charge in [0.1, 0.15) is 9.71 Å². The summed E-state index contributed by atoms with van der Waals surface area (Å²) < 4.78 is 6.90. The van der Waals surface area contributed by atoms with Crippen LogP contribution in [0.25, 0.3) is 10.2 Å². The summed E-state index contributed by atoms with van der Waals surface area (Å²) in [7, 11) is 1.56. The summed E-state index contributed by atoms with van der Waals surface area (Å²) in [5.74, 6) is -0.949. The van der Waals surface area contributed by atoms with Gasteiger partial charge in [0.25, 0.3) is 5.91 Å². The number of nitrogens with zero attached hydrogens (tertiary/aromatic N) is 4. The lowest BCUT2D eigenvalue weighted by atomic mass is 10.2. The molecule has 7 nitrogen and oxygen atoms in total. The van der Waals surface area contributed by atoms with Crippen molar-refractivity contribution in [2.75, 3.05) is 20.2 Å². The van der Waals surface area contributed by atoms with Crippen LogP contribution in [0.5, 0.6) is 0 Å². The Morgan fingerprint density at radius 1 is 1.33 bits per heavy atom. The van der Waals surface area contributed by atoms with E-state index in [4.69, 9.17) is 33.2 Å². The Morgan fingerprint density at radius 2 is 2.03 bits per heavy atom. The summed E-state index contributed by atoms with van der Waals surface area (Å²) in [5, 5.41) is 15.0. The minimum Gasteiger partial charge on any atom is -0.451 e. The zero-order valence-corrected chi connectivity index (χ0v) is 18.6. The highest BCUT2D eigenvalue weighted by atomic mass is 35.5. The van der Waals surface area contributed by atoms with Crippen LogP contribution in [0.4, 0.5) is 0 Å². The van der Waals surface area contributed by atoms with Crippen LogP contribution in [0.3, 0.4) is 0 Å². The van der Waals surface area contributed by atoms with E-state index in [1.807, 2.05) is 13.0 Å². The van der Waals surface area contributed by atoms with Gasteiger partial charge in [-0.25, -0.2) is 9.48 Å². The standard InChI is InChI=1S/C20H18Cl2N4O3S/c1-12-13-9-17(20(28)29-11-18(27)25(2)8-4-7-23)30-19(13)26(24-12)10-14-15(21)5-3-6-16(14)22/h3,5-6,9H,4,8,10-11H2,1-2H3. The summed E-state index contributed by atoms with van der Waals surface area (Å²) in [4.78, 5) is 26.9. The SMILES string of the molecule is Cc1nn(Cc2c(Cl)cccc2Cl)c2sc(C(=O)OCC(=O)N(C)CCC#N)cc12. The van der Waals surface area contributed by atoms with Gasteiger partial charge in [-0.1, -0.05) is 29.3 Å². The molecule has 10 heteroatoms. The first-order valence-corrected chi connectivity index (χ1v) is 10.6. The summed E-state index contributed by atoms with van der Waals surface area (Å²) >= 11 is 13.8. The van der Waals surface area contributed by atoms with E-state index >= 15 is 0 Å². The van der Waals surface area contributed by atoms with Crippen molar-refractivity contribution in [1.82, 2.24) is 14.7 Å². The van der Waals surface area contributed by atoms with Crippen molar-refractivity contribution >= 4 is 56.6 Å². The number of ether oxygens (including phenoxy) is 1. The molecule has 0 aliphatic carbocycles. The average Bonchev–Trinajstić information content (AvgIpc) is 3.28. The number of thiophene rings is 1. The Hall–Kier alpha value is -2.60. The second-order valence-corrected chi connectivity index (χ2v) is 8.42. The van der Waals surface area contributed by atoms with Gasteiger partial charge in [-0.2, -0.15) is 10.4 Å². The summed E-state index contributed by atoms with van der Waals surface area (Å²) in [6, 6.07) is 8.97. The third-order valence-electron chi connectivity index (χ3n) is 4.49. The van der Waals surface area contributed by atoms with Gasteiger partial charge in [0.05, 0.1) is 24.7 Å². The second kappa shape index (κ2) is 9.47. The van der Waals surface area contributed by atoms with Gasteiger partial charge < -0.3 is 9.64 Å². The predicted molar refractivity (Wildman–Crippen MR) is 116 cm³/mol. The van der Waals surface area contributed by atoms with Crippen molar-refractivity contribution in [1.29, 1.82) is 5.26 Å². The maximum Gasteiger partial charge on any atom is 0.348 e. The first kappa shape index (κ1) is 22.1. The van der Waals surface area contributed by atoms with E-state index in [9.17, 15) is 9.59 Å². The number of esters is 1. The fraction of sp³-hybridized carbons (Fsp3) is 0.300. The van der Waals surface area contributed by atoms with E-state index in [0.29, 0.717) is 21.5 Å². The summed E-state index contributed by atoms with van der Waals surface area (Å²) in [6.45, 7) is 2.12. The third kappa shape index (κ3) is 4.75. The number of fused-ring (bicyclic) bond motifs is 1. The topological polar surface area (TPSA) is 88.2 Å². The molecule has 30 heavy (non-hydrogen) atoms. The molecule has 2 aromatic heterocycles. The molecular weight excluding hydrogens is 447 g/mol. The molecule has 0 atom stereocenters. The molecule has 0 saturated heterocycles. The van der Waals surface area contributed by atoms with E-state index in [0.717, 1.165) is 21.5 Å². The number of rotatable bonds is 7. The first-order chi connectivity index (χ1) is 14.3. The lowest BCUT2D eigenvalue weighted by Gasteiger charge is -2.14. The number of benzene rings is 1. The van der Waals surface area contributed by atoms with Crippen molar-refractivity contribution < 1.29 is 14.3 Å². The predicted octanol–water partition coefficient (Wildman–Crippen LogP) is 4.29. The van der Waals surface area contributed by atoms with Crippen LogP contribution in [0.2, 0.25) is 10.0 Å². The fourth-order valence-corrected chi connectivity index (χ4v) is 4.38. The Balaban J connectivity index is 1.76. The molecule has 2 heterocycles. The molecule has 0 N–H and O–H groups in total. The second-order valence-electron chi connectivity index (χ2n) is 6.57. The zero-order valence-electron chi connectivity index (χ0n) is 16.3. The molecule has 0 fully saturated rings. The zero-order chi connectivity index (χ0) is 21.8. The molecule has 0 aliphatic heterocycles. The largest absolute Gasteiger partial charge is 0.451 e. The number of halogens is 2. The fourth-order valence-electron chi connectivity index (χ4n) is 2.80. The molecular formula is C20H18Cl2N4O3S. The molecule has 3 rings (SSSR count). The Bertz CT molecular complexity index is 1130. The normalized spacial score (nSPS) is 10.8. The lowest BCUT2D eigenvalue weighted by molar-refractivity contribution is -0.133. The van der Waals surface area contributed by atoms with E-state index < -0.39 is 5.97 Å². The molecule has 0 aliphatic rings. The van der Waals surface area contributed by atoms with E-state index in [-0.39, 0.29) is 25.5 Å². The average molecular weight is 465 g/mol. The summed E-state index contributed by atoms with van der Waals surface area (Å²) in [5.41, 5.74) is 1.50. The number of amides is 1. The molecule has 0 spiro atoms. The highest BCUT2D eigenvalue weighted by molar-refractivity contribution is 7.20. The molecule has 0 radical (unpaired) electrons. The van der Waals surface area contributed by atoms with Crippen LogP contribution in [-0.4, -0.2) is 46.8 Å². The van der Waals surface area contributed by atoms with Crippen molar-refractivity contribution in [3.8, 4) is 6.07 Å². The highest BCUT2D eigenvalue weighted by Crippen LogP contribution is 2.31. The van der Waals surface area contributed by atoms with Crippen molar-refractivity contribution in [2.45, 2.75) is 19.9 Å². The van der Waals surface area contributed by atoms with Crippen molar-refractivity contribution in [3.63, 3.8) is 0 Å². The highest BCUT2D eigenvalue weighted by Gasteiger charge is 2.20. The van der Waals surface area contributed by atoms with Gasteiger partial charge in [0.2, 0.25) is 0 Å². The van der Waals surface area contributed by atoms with Gasteiger partial charge in [-0.05, 0) is 25.1 Å². The Morgan fingerprint density at radius 3 is 2.70 bits per heavy atom. The van der Waals surface area contributed by atoms with Crippen molar-refractivity contribution in [2.24, 2.45) is 0 Å². The van der Waals surface area contributed by atoms with Gasteiger partial charge in [-0.3, -0.25) is 4.79 Å². The van der Waals surface area contributed by atoms with Crippen LogP contribution < -0.4 is 0 Å². The number of hydrogen-bond donors (Lipinski definition) is 0. The van der Waals surface area contributed by atoms with E-state index in [1.54, 1.807) is 36.0 Å². The van der Waals surface area contributed by atoms with Crippen LogP contribution in [-0.2, 0) is 16.1 Å². The van der Waals surface area contributed by atoms with E-state index in [1.165, 1.54) is 16.2 Å². The number of aromatic nitrogens is 2. The minimum absolute atomic E-state index is 0.220. The number of aryl methyl sites for hydroxylation is 1. The number of hydrogen-bond acceptors (Lipinski definition) is 6. The van der Waals surface area contributed by atoms with Crippen molar-refractivity contribution in [3.05, 3.63) is 50.4 Å². The first-order valence-electron chi connectivity index (χ1n) is 8.99. The molecule has 156 valence electrons. The quantitative estimate of drug-likeness (QED) is 0.486. The molecule has 3 aromatic rings. The maximum absolute atomic E-state index is 12.4. The van der Waals surface area contributed by atoms with Gasteiger partial charge >= 0.3 is 5.97 Å². The smallest absolute Gasteiger partial charge is 0.348 e. The van der Waals surface area contributed by atoms with Gasteiger partial charge in [0.15, 0.2) is 6.61 Å². The molecule has 0 unspecified atom stereocenters. The number of carbonyl (C=O) groups is 2. The minimum atomic E-state index is -0.583. The maximum atomic E-state index is 12.4. The van der Waals surface area contributed by atoms with Gasteiger partial charge in [0, 0.05) is 34.6 Å². The third-order valence-corrected chi connectivity index (χ3v) is 6.33. The molecule has 1 aromatic carbocycles. The van der Waals surface area contributed by atoms with Crippen LogP contribution in [0.1, 0.15) is 27.3 Å². The monoisotopic (exact) mass is 464 g/mol. The van der Waals surface area contributed by atoms with E-state index in [2.05, 4.69) is 5.10 Å². The number of nitriles is 1. The molecule has 0 bridgehead atoms. The lowest BCUT2D eigenvalue weighted by Crippen LogP contribution is -2.31. The number of likely N-dealkylation sites (N-methyl/N-ethyl adjacent to an activating group) is 1. The number of carbonyl (C=O) groups excluding carboxylic acids is 2. The van der Waals surface area contributed by atoms with Crippen LogP contribution in [0.15, 0.2) is 24.3 Å². The molecule has 1 amide bonds. The Labute approximate surface area is 187 Å².